The van der Waals surface area contributed by atoms with Crippen molar-refractivity contribution in [1.29, 1.82) is 0 Å². The molecule has 0 aromatic carbocycles. The van der Waals surface area contributed by atoms with E-state index in [1.165, 1.54) is 16.7 Å². The summed E-state index contributed by atoms with van der Waals surface area (Å²) < 4.78 is 88.6. The maximum Gasteiger partial charge on any atom is 0.425 e. The highest BCUT2D eigenvalue weighted by Crippen LogP contribution is 2.33. The van der Waals surface area contributed by atoms with Crippen LogP contribution in [0.3, 0.4) is 0 Å². The van der Waals surface area contributed by atoms with Gasteiger partial charge in [0.15, 0.2) is 11.3 Å². The number of rotatable bonds is 7. The van der Waals surface area contributed by atoms with Gasteiger partial charge in [-0.15, -0.1) is 0 Å². The van der Waals surface area contributed by atoms with Gasteiger partial charge in [-0.25, -0.2) is 15.1 Å². The molecule has 0 bridgehead atoms. The lowest BCUT2D eigenvalue weighted by Crippen LogP contribution is -2.55. The van der Waals surface area contributed by atoms with Crippen molar-refractivity contribution in [2.45, 2.75) is 56.5 Å². The number of aromatic nitrogens is 4. The number of H-pyrrole nitrogens is 1. The van der Waals surface area contributed by atoms with Crippen LogP contribution in [0.4, 0.5) is 32.3 Å². The van der Waals surface area contributed by atoms with Crippen LogP contribution in [-0.4, -0.2) is 86.7 Å². The Morgan fingerprint density at radius 3 is 2.38 bits per heavy atom. The zero-order valence-corrected chi connectivity index (χ0v) is 20.4. The molecule has 2 aliphatic rings. The van der Waals surface area contributed by atoms with E-state index in [1.54, 1.807) is 5.10 Å². The average molecular weight is 566 g/mol. The van der Waals surface area contributed by atoms with E-state index >= 15 is 0 Å². The van der Waals surface area contributed by atoms with Crippen molar-refractivity contribution in [3.8, 4) is 5.75 Å². The number of aromatic amines is 1. The molecule has 4 heterocycles. The first kappa shape index (κ1) is 28.5. The van der Waals surface area contributed by atoms with Gasteiger partial charge in [0.25, 0.3) is 11.5 Å². The lowest BCUT2D eigenvalue weighted by Gasteiger charge is -2.40. The molecule has 4 atom stereocenters. The second kappa shape index (κ2) is 11.0. The summed E-state index contributed by atoms with van der Waals surface area (Å²) in [5.41, 5.74) is -3.98. The zero-order valence-electron chi connectivity index (χ0n) is 20.4. The quantitative estimate of drug-likeness (QED) is 0.480. The van der Waals surface area contributed by atoms with Gasteiger partial charge in [0.2, 0.25) is 5.95 Å². The van der Waals surface area contributed by atoms with Crippen LogP contribution in [0.5, 0.6) is 5.75 Å². The van der Waals surface area contributed by atoms with Crippen molar-refractivity contribution in [3.63, 3.8) is 0 Å². The Balaban J connectivity index is 1.30. The first-order chi connectivity index (χ1) is 18.3. The SMILES string of the molecule is C[C@@H](CO[C@H]1CCN([C@H]2CCN(c3ncc(C(F)(F)F)cn3)C[C@H]2O)C1=O)Oc1cn[nH]c(=O)c1C(F)(F)F. The van der Waals surface area contributed by atoms with Gasteiger partial charge in [0, 0.05) is 38.4 Å². The first-order valence-corrected chi connectivity index (χ1v) is 11.8. The van der Waals surface area contributed by atoms with Crippen molar-refractivity contribution in [3.05, 3.63) is 40.1 Å². The molecule has 17 heteroatoms. The Labute approximate surface area is 216 Å². The van der Waals surface area contributed by atoms with E-state index in [2.05, 4.69) is 15.1 Å². The number of ether oxygens (including phenoxy) is 2. The number of alkyl halides is 6. The van der Waals surface area contributed by atoms with Gasteiger partial charge in [-0.2, -0.15) is 31.4 Å². The van der Waals surface area contributed by atoms with E-state index in [0.717, 1.165) is 6.20 Å². The van der Waals surface area contributed by atoms with Crippen LogP contribution >= 0.6 is 0 Å². The topological polar surface area (TPSA) is 134 Å². The molecule has 0 radical (unpaired) electrons. The smallest absolute Gasteiger partial charge is 0.425 e. The van der Waals surface area contributed by atoms with E-state index < -0.39 is 65.0 Å². The minimum Gasteiger partial charge on any atom is -0.486 e. The molecule has 11 nitrogen and oxygen atoms in total. The van der Waals surface area contributed by atoms with Crippen molar-refractivity contribution in [2.24, 2.45) is 0 Å². The maximum atomic E-state index is 13.2. The van der Waals surface area contributed by atoms with Gasteiger partial charge in [-0.3, -0.25) is 9.59 Å². The third-order valence-electron chi connectivity index (χ3n) is 6.35. The van der Waals surface area contributed by atoms with Crippen LogP contribution in [0.25, 0.3) is 0 Å². The van der Waals surface area contributed by atoms with Gasteiger partial charge in [-0.1, -0.05) is 0 Å². The zero-order chi connectivity index (χ0) is 28.5. The second-order valence-electron chi connectivity index (χ2n) is 9.15. The Hall–Kier alpha value is -3.47. The fourth-order valence-corrected chi connectivity index (χ4v) is 4.50. The maximum absolute atomic E-state index is 13.2. The summed E-state index contributed by atoms with van der Waals surface area (Å²) >= 11 is 0. The highest BCUT2D eigenvalue weighted by atomic mass is 19.4. The number of aliphatic hydroxyl groups excluding tert-OH is 1. The summed E-state index contributed by atoms with van der Waals surface area (Å²) in [6, 6.07) is -0.582. The molecule has 0 saturated carbocycles. The van der Waals surface area contributed by atoms with E-state index in [4.69, 9.17) is 9.47 Å². The van der Waals surface area contributed by atoms with E-state index in [9.17, 15) is 41.0 Å². The van der Waals surface area contributed by atoms with Gasteiger partial charge in [0.05, 0.1) is 30.5 Å². The molecule has 214 valence electrons. The summed E-state index contributed by atoms with van der Waals surface area (Å²) in [6.07, 6.45) is -9.86. The Bertz CT molecular complexity index is 1220. The Morgan fingerprint density at radius 1 is 1.08 bits per heavy atom. The molecule has 2 aliphatic heterocycles. The lowest BCUT2D eigenvalue weighted by atomic mass is 10.0. The lowest BCUT2D eigenvalue weighted by molar-refractivity contribution is -0.143. The van der Waals surface area contributed by atoms with Gasteiger partial charge in [0.1, 0.15) is 12.2 Å². The number of carbonyl (C=O) groups excluding carboxylic acids is 1. The van der Waals surface area contributed by atoms with E-state index in [1.807, 2.05) is 0 Å². The largest absolute Gasteiger partial charge is 0.486 e. The Morgan fingerprint density at radius 2 is 1.77 bits per heavy atom. The predicted molar refractivity (Wildman–Crippen MR) is 120 cm³/mol. The molecule has 1 amide bonds. The average Bonchev–Trinajstić information content (AvgIpc) is 3.21. The molecule has 2 aromatic heterocycles. The van der Waals surface area contributed by atoms with Gasteiger partial charge < -0.3 is 24.4 Å². The van der Waals surface area contributed by atoms with Crippen molar-refractivity contribution in [1.82, 2.24) is 25.1 Å². The van der Waals surface area contributed by atoms with Crippen LogP contribution < -0.4 is 15.2 Å². The van der Waals surface area contributed by atoms with Gasteiger partial charge in [-0.05, 0) is 13.3 Å². The van der Waals surface area contributed by atoms with Crippen molar-refractivity contribution in [2.75, 3.05) is 31.1 Å². The molecule has 2 fully saturated rings. The van der Waals surface area contributed by atoms with Crippen molar-refractivity contribution >= 4 is 11.9 Å². The second-order valence-corrected chi connectivity index (χ2v) is 9.15. The number of aliphatic hydroxyl groups is 1. The van der Waals surface area contributed by atoms with Crippen LogP contribution in [0, 0.1) is 0 Å². The third-order valence-corrected chi connectivity index (χ3v) is 6.35. The normalized spacial score (nSPS) is 23.3. The highest BCUT2D eigenvalue weighted by molar-refractivity contribution is 5.83. The molecule has 39 heavy (non-hydrogen) atoms. The standard InChI is InChI=1S/C22H24F6N6O5/c1-11(39-16-8-31-32-18(36)17(16)22(26,27)28)10-38-15-3-5-34(19(15)37)13-2-4-33(9-14(13)35)20-29-6-12(7-30-20)21(23,24)25/h6-8,11,13-15,35H,2-5,9-10H2,1H3,(H,32,36)/t11-,13-,14+,15-/m0/s1. The molecule has 0 aliphatic carbocycles. The molecule has 2 N–H and O–H groups in total. The van der Waals surface area contributed by atoms with Crippen LogP contribution in [0.15, 0.2) is 23.4 Å². The van der Waals surface area contributed by atoms with Crippen molar-refractivity contribution < 1.29 is 45.7 Å². The fraction of sp³-hybridized carbons (Fsp3) is 0.591. The first-order valence-electron chi connectivity index (χ1n) is 11.8. The summed E-state index contributed by atoms with van der Waals surface area (Å²) in [4.78, 5) is 34.9. The molecule has 4 rings (SSSR count). The van der Waals surface area contributed by atoms with E-state index in [-0.39, 0.29) is 38.6 Å². The molecule has 2 saturated heterocycles. The summed E-state index contributed by atoms with van der Waals surface area (Å²) in [6.45, 7) is 1.66. The molecular formula is C22H24F6N6O5. The number of piperidine rings is 1. The molecular weight excluding hydrogens is 542 g/mol. The number of nitrogens with one attached hydrogen (secondary N) is 1. The number of amides is 1. The fourth-order valence-electron chi connectivity index (χ4n) is 4.50. The number of anilines is 1. The number of hydrogen-bond donors (Lipinski definition) is 2. The number of nitrogens with zero attached hydrogens (tertiary/aromatic N) is 5. The number of halogens is 6. The summed E-state index contributed by atoms with van der Waals surface area (Å²) in [7, 11) is 0. The number of β-amino-alcohol motifs (C(OH)–C–C–N with tert-alkyl or cyclic N) is 1. The third kappa shape index (κ3) is 6.41. The predicted octanol–water partition coefficient (Wildman–Crippen LogP) is 1.62. The minimum atomic E-state index is -4.97. The molecule has 0 spiro atoms. The highest BCUT2D eigenvalue weighted by Gasteiger charge is 2.42. The van der Waals surface area contributed by atoms with Crippen LogP contribution in [-0.2, 0) is 21.9 Å². The molecule has 2 aromatic rings. The Kier molecular flexibility index (Phi) is 8.02. The number of hydrogen-bond acceptors (Lipinski definition) is 9. The van der Waals surface area contributed by atoms with E-state index in [0.29, 0.717) is 18.8 Å². The van der Waals surface area contributed by atoms with Crippen LogP contribution in [0.2, 0.25) is 0 Å². The van der Waals surface area contributed by atoms with Crippen LogP contribution in [0.1, 0.15) is 30.9 Å². The minimum absolute atomic E-state index is 0.0119. The summed E-state index contributed by atoms with van der Waals surface area (Å²) in [5, 5.41) is 15.7. The molecule has 0 unspecified atom stereocenters. The monoisotopic (exact) mass is 566 g/mol. The van der Waals surface area contributed by atoms with Gasteiger partial charge >= 0.3 is 12.4 Å². The number of likely N-dealkylation sites (tertiary alicyclic amines) is 1. The summed E-state index contributed by atoms with van der Waals surface area (Å²) in [5.74, 6) is -1.17. The number of carbonyl (C=O) groups is 1.